The molecule has 0 aliphatic rings. The Hall–Kier alpha value is -1.86. The average molecular weight is 327 g/mol. The number of nitrogens with one attached hydrogen (secondary N) is 2. The predicted octanol–water partition coefficient (Wildman–Crippen LogP) is 0.931. The van der Waals surface area contributed by atoms with Crippen molar-refractivity contribution >= 4 is 18.3 Å². The van der Waals surface area contributed by atoms with Gasteiger partial charge in [-0.1, -0.05) is 0 Å². The van der Waals surface area contributed by atoms with Crippen LogP contribution >= 0.6 is 12.4 Å². The first-order valence-electron chi connectivity index (χ1n) is 7.01. The minimum atomic E-state index is -0.679. The first kappa shape index (κ1) is 18.2. The molecule has 0 radical (unpaired) electrons. The van der Waals surface area contributed by atoms with Crippen LogP contribution in [0.1, 0.15) is 35.0 Å². The number of nitrogens with zero attached hydrogens (tertiary/aromatic N) is 3. The van der Waals surface area contributed by atoms with Gasteiger partial charge in [-0.05, 0) is 32.3 Å². The maximum absolute atomic E-state index is 12.1. The number of hydrogen-bond acceptors (Lipinski definition) is 4. The number of rotatable bonds is 6. The number of carbonyl (C=O) groups excluding carboxylic acids is 1. The zero-order valence-electron chi connectivity index (χ0n) is 13.1. The van der Waals surface area contributed by atoms with Crippen molar-refractivity contribution in [1.29, 1.82) is 0 Å². The van der Waals surface area contributed by atoms with E-state index >= 15 is 0 Å². The van der Waals surface area contributed by atoms with E-state index in [1.54, 1.807) is 4.68 Å². The van der Waals surface area contributed by atoms with Gasteiger partial charge in [-0.2, -0.15) is 10.2 Å². The third-order valence-electron chi connectivity index (χ3n) is 3.48. The molecule has 0 saturated carbocycles. The van der Waals surface area contributed by atoms with Crippen LogP contribution in [0.4, 0.5) is 0 Å². The Labute approximate surface area is 136 Å². The van der Waals surface area contributed by atoms with Gasteiger partial charge >= 0.3 is 0 Å². The van der Waals surface area contributed by atoms with Crippen molar-refractivity contribution < 1.29 is 4.79 Å². The summed E-state index contributed by atoms with van der Waals surface area (Å²) in [5.74, 6) is -0.172. The van der Waals surface area contributed by atoms with Gasteiger partial charge in [0.25, 0.3) is 0 Å². The molecule has 2 aromatic heterocycles. The molecule has 0 saturated heterocycles. The van der Waals surface area contributed by atoms with E-state index in [0.29, 0.717) is 6.54 Å². The number of aryl methyl sites for hydroxylation is 4. The van der Waals surface area contributed by atoms with Crippen molar-refractivity contribution in [3.8, 4) is 0 Å². The van der Waals surface area contributed by atoms with Crippen LogP contribution in [-0.4, -0.2) is 32.4 Å². The van der Waals surface area contributed by atoms with Gasteiger partial charge in [-0.3, -0.25) is 14.6 Å². The number of hydrogen-bond donors (Lipinski definition) is 3. The molecule has 0 aliphatic heterocycles. The van der Waals surface area contributed by atoms with Gasteiger partial charge in [0.05, 0.1) is 11.9 Å². The summed E-state index contributed by atoms with van der Waals surface area (Å²) in [6.07, 6.45) is 5.55. The highest BCUT2D eigenvalue weighted by Gasteiger charge is 2.21. The number of halogens is 1. The topological polar surface area (TPSA) is 102 Å². The maximum atomic E-state index is 12.1. The zero-order chi connectivity index (χ0) is 15.4. The lowest BCUT2D eigenvalue weighted by Crippen LogP contribution is -2.35. The van der Waals surface area contributed by atoms with E-state index in [9.17, 15) is 4.79 Å². The van der Waals surface area contributed by atoms with Gasteiger partial charge in [-0.15, -0.1) is 12.4 Å². The van der Waals surface area contributed by atoms with Crippen molar-refractivity contribution in [1.82, 2.24) is 25.3 Å². The van der Waals surface area contributed by atoms with E-state index in [1.165, 1.54) is 0 Å². The van der Waals surface area contributed by atoms with E-state index in [-0.39, 0.29) is 18.3 Å². The Bertz CT molecular complexity index is 601. The molecule has 122 valence electrons. The smallest absolute Gasteiger partial charge is 0.241 e. The molecule has 8 heteroatoms. The Morgan fingerprint density at radius 2 is 2.23 bits per heavy atom. The largest absolute Gasteiger partial charge is 0.354 e. The molecule has 0 fully saturated rings. The fourth-order valence-electron chi connectivity index (χ4n) is 2.36. The van der Waals surface area contributed by atoms with Crippen LogP contribution in [0.15, 0.2) is 12.4 Å². The molecule has 0 aliphatic carbocycles. The highest BCUT2D eigenvalue weighted by atomic mass is 35.5. The second-order valence-corrected chi connectivity index (χ2v) is 5.24. The summed E-state index contributed by atoms with van der Waals surface area (Å²) < 4.78 is 1.77. The monoisotopic (exact) mass is 326 g/mol. The quantitative estimate of drug-likeness (QED) is 0.687. The average Bonchev–Trinajstić information content (AvgIpc) is 3.00. The summed E-state index contributed by atoms with van der Waals surface area (Å²) in [6.45, 7) is 4.30. The second kappa shape index (κ2) is 7.95. The maximum Gasteiger partial charge on any atom is 0.241 e. The fraction of sp³-hybridized carbons (Fsp3) is 0.500. The van der Waals surface area contributed by atoms with Gasteiger partial charge in [0.2, 0.25) is 5.91 Å². The molecular formula is C14H23ClN6O. The zero-order valence-corrected chi connectivity index (χ0v) is 13.9. The SMILES string of the molecule is Cc1n[nH]c(C)c1C(N)C(=O)NCCCc1cnn(C)c1.Cl. The first-order valence-corrected chi connectivity index (χ1v) is 7.01. The third kappa shape index (κ3) is 4.32. The number of aromatic amines is 1. The minimum absolute atomic E-state index is 0. The molecule has 2 heterocycles. The second-order valence-electron chi connectivity index (χ2n) is 5.24. The number of nitrogens with two attached hydrogens (primary N) is 1. The summed E-state index contributed by atoms with van der Waals surface area (Å²) in [5, 5.41) is 13.9. The van der Waals surface area contributed by atoms with Gasteiger partial charge in [0, 0.05) is 31.0 Å². The highest BCUT2D eigenvalue weighted by Crippen LogP contribution is 2.17. The molecule has 22 heavy (non-hydrogen) atoms. The minimum Gasteiger partial charge on any atom is -0.354 e. The van der Waals surface area contributed by atoms with Crippen LogP contribution in [0, 0.1) is 13.8 Å². The summed E-state index contributed by atoms with van der Waals surface area (Å²) in [4.78, 5) is 12.1. The van der Waals surface area contributed by atoms with E-state index in [2.05, 4.69) is 20.6 Å². The van der Waals surface area contributed by atoms with Crippen LogP contribution in [0.25, 0.3) is 0 Å². The van der Waals surface area contributed by atoms with E-state index in [0.717, 1.165) is 35.4 Å². The number of carbonyl (C=O) groups is 1. The number of H-pyrrole nitrogens is 1. The predicted molar refractivity (Wildman–Crippen MR) is 86.8 cm³/mol. The van der Waals surface area contributed by atoms with E-state index < -0.39 is 6.04 Å². The van der Waals surface area contributed by atoms with Crippen molar-refractivity contribution in [3.63, 3.8) is 0 Å². The Morgan fingerprint density at radius 1 is 1.50 bits per heavy atom. The molecular weight excluding hydrogens is 304 g/mol. The van der Waals surface area contributed by atoms with Crippen LogP contribution in [0.5, 0.6) is 0 Å². The number of amides is 1. The van der Waals surface area contributed by atoms with Crippen LogP contribution in [0.2, 0.25) is 0 Å². The van der Waals surface area contributed by atoms with Crippen molar-refractivity contribution in [2.24, 2.45) is 12.8 Å². The van der Waals surface area contributed by atoms with Crippen LogP contribution in [0.3, 0.4) is 0 Å². The summed E-state index contributed by atoms with van der Waals surface area (Å²) >= 11 is 0. The normalized spacial score (nSPS) is 11.8. The van der Waals surface area contributed by atoms with Crippen molar-refractivity contribution in [2.45, 2.75) is 32.7 Å². The lowest BCUT2D eigenvalue weighted by molar-refractivity contribution is -0.122. The Morgan fingerprint density at radius 3 is 2.77 bits per heavy atom. The first-order chi connectivity index (χ1) is 9.99. The van der Waals surface area contributed by atoms with Crippen molar-refractivity contribution in [3.05, 3.63) is 34.9 Å². The summed E-state index contributed by atoms with van der Waals surface area (Å²) in [6, 6.07) is -0.679. The standard InChI is InChI=1S/C14H22N6O.ClH/c1-9-12(10(2)19-18-9)13(15)14(21)16-6-4-5-11-7-17-20(3)8-11;/h7-8,13H,4-6,15H2,1-3H3,(H,16,21)(H,18,19);1H. The van der Waals surface area contributed by atoms with Crippen molar-refractivity contribution in [2.75, 3.05) is 6.54 Å². The molecule has 1 amide bonds. The molecule has 0 aromatic carbocycles. The van der Waals surface area contributed by atoms with Crippen LogP contribution in [-0.2, 0) is 18.3 Å². The molecule has 0 bridgehead atoms. The van der Waals surface area contributed by atoms with Gasteiger partial charge in [0.15, 0.2) is 0 Å². The van der Waals surface area contributed by atoms with E-state index in [1.807, 2.05) is 33.3 Å². The molecule has 4 N–H and O–H groups in total. The molecule has 1 unspecified atom stereocenters. The molecule has 0 spiro atoms. The van der Waals surface area contributed by atoms with Gasteiger partial charge in [-0.25, -0.2) is 0 Å². The Kier molecular flexibility index (Phi) is 6.58. The number of aromatic nitrogens is 4. The van der Waals surface area contributed by atoms with Crippen LogP contribution < -0.4 is 11.1 Å². The van der Waals surface area contributed by atoms with Gasteiger partial charge in [0.1, 0.15) is 6.04 Å². The Balaban J connectivity index is 0.00000242. The third-order valence-corrected chi connectivity index (χ3v) is 3.48. The van der Waals surface area contributed by atoms with Gasteiger partial charge < -0.3 is 11.1 Å². The lowest BCUT2D eigenvalue weighted by atomic mass is 10.1. The molecule has 7 nitrogen and oxygen atoms in total. The lowest BCUT2D eigenvalue weighted by Gasteiger charge is -2.12. The molecule has 1 atom stereocenters. The molecule has 2 aromatic rings. The fourth-order valence-corrected chi connectivity index (χ4v) is 2.36. The summed E-state index contributed by atoms with van der Waals surface area (Å²) in [7, 11) is 1.89. The highest BCUT2D eigenvalue weighted by molar-refractivity contribution is 5.85. The van der Waals surface area contributed by atoms with E-state index in [4.69, 9.17) is 5.73 Å². The summed E-state index contributed by atoms with van der Waals surface area (Å²) in [5.41, 5.74) is 9.55. The molecule has 2 rings (SSSR count).